The van der Waals surface area contributed by atoms with E-state index >= 15 is 0 Å². The number of halogens is 1. The normalized spacial score (nSPS) is 11.1. The largest absolute Gasteiger partial charge is 0.352 e. The van der Waals surface area contributed by atoms with Crippen molar-refractivity contribution >= 4 is 16.7 Å². The molecule has 3 heterocycles. The van der Waals surface area contributed by atoms with E-state index < -0.39 is 0 Å². The molecule has 25 heavy (non-hydrogen) atoms. The van der Waals surface area contributed by atoms with Crippen LogP contribution >= 0.6 is 0 Å². The minimum Gasteiger partial charge on any atom is -0.352 e. The van der Waals surface area contributed by atoms with E-state index in [1.54, 1.807) is 18.3 Å². The van der Waals surface area contributed by atoms with Gasteiger partial charge in [0.25, 0.3) is 0 Å². The minimum absolute atomic E-state index is 0.243. The van der Waals surface area contributed by atoms with Crippen LogP contribution < -0.4 is 0 Å². The number of ketones is 1. The van der Waals surface area contributed by atoms with Gasteiger partial charge < -0.3 is 4.98 Å². The number of aromatic amines is 2. The molecule has 0 saturated carbocycles. The number of tetrazole rings is 1. The molecular formula is C17H13FN6O. The highest BCUT2D eigenvalue weighted by atomic mass is 19.1. The molecule has 7 nitrogen and oxygen atoms in total. The molecule has 1 aromatic carbocycles. The van der Waals surface area contributed by atoms with Gasteiger partial charge in [-0.3, -0.25) is 9.78 Å². The maximum Gasteiger partial charge on any atom is 0.227 e. The molecule has 0 bridgehead atoms. The van der Waals surface area contributed by atoms with Gasteiger partial charge in [-0.05, 0) is 48.4 Å². The van der Waals surface area contributed by atoms with Gasteiger partial charge in [-0.25, -0.2) is 4.39 Å². The molecule has 0 radical (unpaired) electrons. The third-order valence-corrected chi connectivity index (χ3v) is 3.97. The maximum absolute atomic E-state index is 13.7. The van der Waals surface area contributed by atoms with E-state index in [0.717, 1.165) is 5.56 Å². The molecule has 8 heteroatoms. The van der Waals surface area contributed by atoms with Crippen LogP contribution in [-0.4, -0.2) is 36.4 Å². The first kappa shape index (κ1) is 15.1. The van der Waals surface area contributed by atoms with Gasteiger partial charge in [0.2, 0.25) is 5.78 Å². The Morgan fingerprint density at radius 3 is 2.88 bits per heavy atom. The second-order valence-corrected chi connectivity index (χ2v) is 5.72. The highest BCUT2D eigenvalue weighted by Gasteiger charge is 2.22. The summed E-state index contributed by atoms with van der Waals surface area (Å²) in [6.45, 7) is 1.89. The van der Waals surface area contributed by atoms with Crippen LogP contribution in [0.4, 0.5) is 4.39 Å². The Kier molecular flexibility index (Phi) is 3.57. The van der Waals surface area contributed by atoms with Crippen LogP contribution in [0.25, 0.3) is 10.9 Å². The van der Waals surface area contributed by atoms with Gasteiger partial charge in [0.15, 0.2) is 5.82 Å². The monoisotopic (exact) mass is 336 g/mol. The summed E-state index contributed by atoms with van der Waals surface area (Å²) in [4.78, 5) is 20.2. The fourth-order valence-corrected chi connectivity index (χ4v) is 2.80. The van der Waals surface area contributed by atoms with Crippen molar-refractivity contribution in [1.29, 1.82) is 0 Å². The summed E-state index contributed by atoms with van der Waals surface area (Å²) in [6, 6.07) is 7.87. The predicted octanol–water partition coefficient (Wildman–Crippen LogP) is 2.35. The number of benzene rings is 1. The third kappa shape index (κ3) is 2.78. The number of rotatable bonds is 4. The van der Waals surface area contributed by atoms with Gasteiger partial charge in [0.05, 0.1) is 5.69 Å². The van der Waals surface area contributed by atoms with Crippen LogP contribution in [0.3, 0.4) is 0 Å². The number of aryl methyl sites for hydroxylation is 1. The standard InChI is InChI=1S/C17H13FN6O/c1-9-4-5-19-14(6-9)17(25)16-12(8-15-21-23-24-22-15)11-7-10(18)2-3-13(11)20-16/h2-7,20H,8H2,1H3,(H,21,22,23,24). The molecule has 0 saturated heterocycles. The van der Waals surface area contributed by atoms with Crippen LogP contribution in [0, 0.1) is 12.7 Å². The summed E-state index contributed by atoms with van der Waals surface area (Å²) in [6.07, 6.45) is 1.83. The Morgan fingerprint density at radius 2 is 2.12 bits per heavy atom. The first-order chi connectivity index (χ1) is 12.1. The average Bonchev–Trinajstić information content (AvgIpc) is 3.23. The van der Waals surface area contributed by atoms with Crippen molar-refractivity contribution in [3.8, 4) is 0 Å². The van der Waals surface area contributed by atoms with Crippen LogP contribution in [0.2, 0.25) is 0 Å². The smallest absolute Gasteiger partial charge is 0.227 e. The summed E-state index contributed by atoms with van der Waals surface area (Å²) in [5.41, 5.74) is 2.88. The molecule has 0 spiro atoms. The molecular weight excluding hydrogens is 323 g/mol. The Labute approximate surface area is 141 Å². The first-order valence-corrected chi connectivity index (χ1v) is 7.61. The molecule has 0 atom stereocenters. The van der Waals surface area contributed by atoms with E-state index in [0.29, 0.717) is 33.7 Å². The van der Waals surface area contributed by atoms with Crippen molar-refractivity contribution in [2.24, 2.45) is 0 Å². The number of aromatic nitrogens is 6. The number of hydrogen-bond donors (Lipinski definition) is 2. The zero-order valence-corrected chi connectivity index (χ0v) is 13.2. The quantitative estimate of drug-likeness (QED) is 0.557. The van der Waals surface area contributed by atoms with E-state index in [4.69, 9.17) is 0 Å². The molecule has 0 amide bonds. The molecule has 0 aliphatic heterocycles. The highest BCUT2D eigenvalue weighted by Crippen LogP contribution is 2.26. The fourth-order valence-electron chi connectivity index (χ4n) is 2.80. The number of H-pyrrole nitrogens is 2. The molecule has 2 N–H and O–H groups in total. The van der Waals surface area contributed by atoms with Crippen molar-refractivity contribution in [3.05, 3.63) is 70.7 Å². The van der Waals surface area contributed by atoms with E-state index in [-0.39, 0.29) is 18.0 Å². The SMILES string of the molecule is Cc1ccnc(C(=O)c2[nH]c3ccc(F)cc3c2Cc2nn[nH]n2)c1. The Balaban J connectivity index is 1.88. The van der Waals surface area contributed by atoms with Crippen LogP contribution in [0.15, 0.2) is 36.5 Å². The van der Waals surface area contributed by atoms with Crippen LogP contribution in [0.1, 0.15) is 33.1 Å². The Morgan fingerprint density at radius 1 is 1.24 bits per heavy atom. The average molecular weight is 336 g/mol. The molecule has 124 valence electrons. The zero-order chi connectivity index (χ0) is 17.4. The Bertz CT molecular complexity index is 1070. The van der Waals surface area contributed by atoms with Crippen molar-refractivity contribution in [3.63, 3.8) is 0 Å². The predicted molar refractivity (Wildman–Crippen MR) is 87.6 cm³/mol. The molecule has 3 aromatic heterocycles. The number of nitrogens with one attached hydrogen (secondary N) is 2. The summed E-state index contributed by atoms with van der Waals surface area (Å²) >= 11 is 0. The van der Waals surface area contributed by atoms with Gasteiger partial charge in [-0.1, -0.05) is 5.21 Å². The van der Waals surface area contributed by atoms with Crippen molar-refractivity contribution in [1.82, 2.24) is 30.6 Å². The van der Waals surface area contributed by atoms with Gasteiger partial charge >= 0.3 is 0 Å². The van der Waals surface area contributed by atoms with Crippen LogP contribution in [-0.2, 0) is 6.42 Å². The molecule has 0 unspecified atom stereocenters. The van der Waals surface area contributed by atoms with E-state index in [1.807, 2.05) is 13.0 Å². The van der Waals surface area contributed by atoms with Gasteiger partial charge in [0.1, 0.15) is 11.5 Å². The minimum atomic E-state index is -0.381. The summed E-state index contributed by atoms with van der Waals surface area (Å²) in [5, 5.41) is 14.4. The number of nitrogens with zero attached hydrogens (tertiary/aromatic N) is 4. The topological polar surface area (TPSA) is 100 Å². The second-order valence-electron chi connectivity index (χ2n) is 5.72. The van der Waals surface area contributed by atoms with Gasteiger partial charge in [0, 0.05) is 23.5 Å². The van der Waals surface area contributed by atoms with E-state index in [1.165, 1.54) is 12.1 Å². The highest BCUT2D eigenvalue weighted by molar-refractivity contribution is 6.10. The number of hydrogen-bond acceptors (Lipinski definition) is 5. The molecule has 0 aliphatic carbocycles. The number of pyridine rings is 1. The number of carbonyl (C=O) groups is 1. The molecule has 0 fully saturated rings. The zero-order valence-electron chi connectivity index (χ0n) is 13.2. The number of fused-ring (bicyclic) bond motifs is 1. The third-order valence-electron chi connectivity index (χ3n) is 3.97. The fraction of sp³-hybridized carbons (Fsp3) is 0.118. The summed E-state index contributed by atoms with van der Waals surface area (Å²) in [5.74, 6) is -0.233. The van der Waals surface area contributed by atoms with Gasteiger partial charge in [-0.15, -0.1) is 10.2 Å². The van der Waals surface area contributed by atoms with Crippen LogP contribution in [0.5, 0.6) is 0 Å². The first-order valence-electron chi connectivity index (χ1n) is 7.61. The lowest BCUT2D eigenvalue weighted by atomic mass is 10.0. The Hall–Kier alpha value is -3.42. The van der Waals surface area contributed by atoms with E-state index in [9.17, 15) is 9.18 Å². The van der Waals surface area contributed by atoms with Crippen molar-refractivity contribution in [2.75, 3.05) is 0 Å². The lowest BCUT2D eigenvalue weighted by molar-refractivity contribution is 0.102. The lowest BCUT2D eigenvalue weighted by Gasteiger charge is -2.03. The number of carbonyl (C=O) groups excluding carboxylic acids is 1. The van der Waals surface area contributed by atoms with Crippen molar-refractivity contribution < 1.29 is 9.18 Å². The molecule has 0 aliphatic rings. The lowest BCUT2D eigenvalue weighted by Crippen LogP contribution is -2.08. The van der Waals surface area contributed by atoms with Crippen molar-refractivity contribution in [2.45, 2.75) is 13.3 Å². The van der Waals surface area contributed by atoms with Gasteiger partial charge in [-0.2, -0.15) is 5.21 Å². The van der Waals surface area contributed by atoms with E-state index in [2.05, 4.69) is 30.6 Å². The molecule has 4 aromatic rings. The maximum atomic E-state index is 13.7. The summed E-state index contributed by atoms with van der Waals surface area (Å²) in [7, 11) is 0. The molecule has 4 rings (SSSR count). The summed E-state index contributed by atoms with van der Waals surface area (Å²) < 4.78 is 13.7. The second kappa shape index (κ2) is 5.90.